The molecular weight excluding hydrogens is 401 g/mol. The van der Waals surface area contributed by atoms with E-state index in [1.165, 1.54) is 19.2 Å². The number of hydrogen-bond acceptors (Lipinski definition) is 3. The molecule has 148 valence electrons. The van der Waals surface area contributed by atoms with Gasteiger partial charge in [0.1, 0.15) is 0 Å². The Morgan fingerprint density at radius 3 is 2.36 bits per heavy atom. The number of rotatable bonds is 6. The van der Waals surface area contributed by atoms with Crippen LogP contribution in [-0.4, -0.2) is 24.8 Å². The molecule has 0 bridgehead atoms. The van der Waals surface area contributed by atoms with Crippen molar-refractivity contribution >= 4 is 52.3 Å². The lowest BCUT2D eigenvalue weighted by Crippen LogP contribution is -2.21. The molecule has 0 heterocycles. The van der Waals surface area contributed by atoms with E-state index in [1.54, 1.807) is 25.1 Å². The molecule has 0 saturated carbocycles. The van der Waals surface area contributed by atoms with Gasteiger partial charge >= 0.3 is 0 Å². The van der Waals surface area contributed by atoms with E-state index in [0.717, 1.165) is 0 Å². The molecule has 2 aromatic carbocycles. The van der Waals surface area contributed by atoms with Crippen LogP contribution in [0.25, 0.3) is 0 Å². The molecule has 2 aromatic rings. The van der Waals surface area contributed by atoms with Crippen molar-refractivity contribution in [3.63, 3.8) is 0 Å². The third kappa shape index (κ3) is 5.03. The predicted octanol–water partition coefficient (Wildman–Crippen LogP) is 4.65. The second kappa shape index (κ2) is 9.57. The second-order valence-corrected chi connectivity index (χ2v) is 6.96. The van der Waals surface area contributed by atoms with E-state index in [1.807, 2.05) is 6.92 Å². The average Bonchev–Trinajstić information content (AvgIpc) is 2.65. The average molecular weight is 422 g/mol. The summed E-state index contributed by atoms with van der Waals surface area (Å²) in [6.45, 7) is 3.61. The lowest BCUT2D eigenvalue weighted by Gasteiger charge is -2.15. The zero-order valence-corrected chi connectivity index (χ0v) is 17.3. The molecule has 6 nitrogen and oxygen atoms in total. The van der Waals surface area contributed by atoms with Gasteiger partial charge in [-0.1, -0.05) is 36.2 Å². The van der Waals surface area contributed by atoms with Crippen LogP contribution in [0.1, 0.15) is 46.0 Å². The van der Waals surface area contributed by atoms with Gasteiger partial charge in [-0.3, -0.25) is 14.4 Å². The summed E-state index contributed by atoms with van der Waals surface area (Å²) in [5, 5.41) is 8.42. The highest BCUT2D eigenvalue weighted by Crippen LogP contribution is 2.31. The van der Waals surface area contributed by atoms with E-state index in [9.17, 15) is 14.4 Å². The van der Waals surface area contributed by atoms with E-state index < -0.39 is 5.91 Å². The predicted molar refractivity (Wildman–Crippen MR) is 113 cm³/mol. The van der Waals surface area contributed by atoms with Crippen LogP contribution in [-0.2, 0) is 4.79 Å². The second-order valence-electron chi connectivity index (χ2n) is 6.12. The first kappa shape index (κ1) is 21.7. The molecule has 0 atom stereocenters. The summed E-state index contributed by atoms with van der Waals surface area (Å²) in [5.41, 5.74) is 1.85. The minimum Gasteiger partial charge on any atom is -0.355 e. The Labute approximate surface area is 173 Å². The number of amides is 3. The molecular formula is C20H21Cl2N3O3. The van der Waals surface area contributed by atoms with Crippen molar-refractivity contribution in [3.8, 4) is 0 Å². The van der Waals surface area contributed by atoms with Crippen LogP contribution in [0.3, 0.4) is 0 Å². The van der Waals surface area contributed by atoms with E-state index in [2.05, 4.69) is 16.0 Å². The zero-order valence-electron chi connectivity index (χ0n) is 15.8. The fourth-order valence-corrected chi connectivity index (χ4v) is 3.19. The van der Waals surface area contributed by atoms with Crippen molar-refractivity contribution in [1.29, 1.82) is 0 Å². The molecule has 2 rings (SSSR count). The topological polar surface area (TPSA) is 87.3 Å². The molecule has 0 aliphatic rings. The normalized spacial score (nSPS) is 10.3. The summed E-state index contributed by atoms with van der Waals surface area (Å²) in [5.74, 6) is -1.01. The van der Waals surface area contributed by atoms with Crippen molar-refractivity contribution < 1.29 is 14.4 Å². The van der Waals surface area contributed by atoms with Gasteiger partial charge in [-0.05, 0) is 43.2 Å². The summed E-state index contributed by atoms with van der Waals surface area (Å²) in [4.78, 5) is 36.9. The summed E-state index contributed by atoms with van der Waals surface area (Å²) in [6.07, 6.45) is 0.956. The van der Waals surface area contributed by atoms with Gasteiger partial charge in [0.25, 0.3) is 11.8 Å². The quantitative estimate of drug-likeness (QED) is 0.633. The molecule has 3 N–H and O–H groups in total. The fourth-order valence-electron chi connectivity index (χ4n) is 2.65. The number of hydrogen-bond donors (Lipinski definition) is 3. The molecule has 8 heteroatoms. The molecule has 28 heavy (non-hydrogen) atoms. The van der Waals surface area contributed by atoms with Crippen LogP contribution >= 0.6 is 23.2 Å². The summed E-state index contributed by atoms with van der Waals surface area (Å²) < 4.78 is 0. The highest BCUT2D eigenvalue weighted by molar-refractivity contribution is 6.38. The van der Waals surface area contributed by atoms with E-state index in [-0.39, 0.29) is 33.1 Å². The van der Waals surface area contributed by atoms with Crippen LogP contribution in [0, 0.1) is 6.92 Å². The van der Waals surface area contributed by atoms with Crippen LogP contribution in [0.15, 0.2) is 30.3 Å². The number of anilines is 2. The van der Waals surface area contributed by atoms with Gasteiger partial charge in [-0.2, -0.15) is 0 Å². The first-order chi connectivity index (χ1) is 13.3. The number of carbonyl (C=O) groups excluding carboxylic acids is 3. The largest absolute Gasteiger partial charge is 0.355 e. The van der Waals surface area contributed by atoms with Crippen LogP contribution < -0.4 is 16.0 Å². The molecule has 0 spiro atoms. The van der Waals surface area contributed by atoms with Crippen molar-refractivity contribution in [3.05, 3.63) is 57.1 Å². The Morgan fingerprint density at radius 1 is 1.00 bits per heavy atom. The van der Waals surface area contributed by atoms with Crippen LogP contribution in [0.5, 0.6) is 0 Å². The molecule has 0 saturated heterocycles. The summed E-state index contributed by atoms with van der Waals surface area (Å²) >= 11 is 12.3. The minimum atomic E-state index is -0.506. The molecule has 0 radical (unpaired) electrons. The Bertz CT molecular complexity index is 929. The monoisotopic (exact) mass is 421 g/mol. The molecule has 0 fully saturated rings. The van der Waals surface area contributed by atoms with Gasteiger partial charge in [0, 0.05) is 29.7 Å². The van der Waals surface area contributed by atoms with Crippen LogP contribution in [0.4, 0.5) is 11.4 Å². The summed E-state index contributed by atoms with van der Waals surface area (Å²) in [6, 6.07) is 7.90. The van der Waals surface area contributed by atoms with Gasteiger partial charge in [0.15, 0.2) is 0 Å². The van der Waals surface area contributed by atoms with Crippen molar-refractivity contribution in [1.82, 2.24) is 5.32 Å². The molecule has 0 aliphatic heterocycles. The van der Waals surface area contributed by atoms with Crippen molar-refractivity contribution in [2.75, 3.05) is 17.7 Å². The number of benzene rings is 2. The Balaban J connectivity index is 2.39. The number of carbonyl (C=O) groups is 3. The zero-order chi connectivity index (χ0) is 20.8. The maximum atomic E-state index is 12.9. The Morgan fingerprint density at radius 2 is 1.71 bits per heavy atom. The van der Waals surface area contributed by atoms with Gasteiger partial charge in [-0.25, -0.2) is 0 Å². The lowest BCUT2D eigenvalue weighted by atomic mass is 10.1. The molecule has 0 aliphatic carbocycles. The van der Waals surface area contributed by atoms with E-state index >= 15 is 0 Å². The van der Waals surface area contributed by atoms with Gasteiger partial charge in [0.05, 0.1) is 16.3 Å². The standard InChI is InChI=1S/C20H21Cl2N3O3/c1-4-6-17(26)25-18-14(9-12(21)10-15(18)22)20(28)24-16-8-5-7-13(11(16)2)19(27)23-3/h5,7-10H,4,6H2,1-3H3,(H,23,27)(H,24,28)(H,25,26). The minimum absolute atomic E-state index is 0.131. The highest BCUT2D eigenvalue weighted by Gasteiger charge is 2.19. The highest BCUT2D eigenvalue weighted by atomic mass is 35.5. The first-order valence-corrected chi connectivity index (χ1v) is 9.46. The van der Waals surface area contributed by atoms with Crippen molar-refractivity contribution in [2.45, 2.75) is 26.7 Å². The maximum absolute atomic E-state index is 12.9. The van der Waals surface area contributed by atoms with Gasteiger partial charge < -0.3 is 16.0 Å². The van der Waals surface area contributed by atoms with Gasteiger partial charge in [-0.15, -0.1) is 0 Å². The SMILES string of the molecule is CCCC(=O)Nc1c(Cl)cc(Cl)cc1C(=O)Nc1cccc(C(=O)NC)c1C. The third-order valence-corrected chi connectivity index (χ3v) is 4.61. The Kier molecular flexibility index (Phi) is 7.43. The van der Waals surface area contributed by atoms with E-state index in [0.29, 0.717) is 29.7 Å². The summed E-state index contributed by atoms with van der Waals surface area (Å²) in [7, 11) is 1.53. The molecule has 3 amide bonds. The Hall–Kier alpha value is -2.57. The number of nitrogens with one attached hydrogen (secondary N) is 3. The fraction of sp³-hybridized carbons (Fsp3) is 0.250. The number of halogens is 2. The van der Waals surface area contributed by atoms with Crippen molar-refractivity contribution in [2.24, 2.45) is 0 Å². The smallest absolute Gasteiger partial charge is 0.257 e. The molecule has 0 aromatic heterocycles. The van der Waals surface area contributed by atoms with Gasteiger partial charge in [0.2, 0.25) is 5.91 Å². The maximum Gasteiger partial charge on any atom is 0.257 e. The molecule has 0 unspecified atom stereocenters. The van der Waals surface area contributed by atoms with Crippen LogP contribution in [0.2, 0.25) is 10.0 Å². The van der Waals surface area contributed by atoms with E-state index in [4.69, 9.17) is 23.2 Å². The lowest BCUT2D eigenvalue weighted by molar-refractivity contribution is -0.116. The first-order valence-electron chi connectivity index (χ1n) is 8.70. The third-order valence-electron chi connectivity index (χ3n) is 4.09.